The molecule has 4 aromatic rings. The van der Waals surface area contributed by atoms with Gasteiger partial charge in [-0.3, -0.25) is 9.69 Å². The minimum absolute atomic E-state index is 0.0277. The summed E-state index contributed by atoms with van der Waals surface area (Å²) in [5.41, 5.74) is 12.6. The zero-order chi connectivity index (χ0) is 26.0. The SMILES string of the molecule is Cc1nc(C(N)=O)nn1-c1ccc(Cc2ccc(-c3ccc(CN4CCNC(C)(C)C4)cc3)cc2)cc1. The molecule has 0 aliphatic carbocycles. The monoisotopic (exact) mass is 494 g/mol. The van der Waals surface area contributed by atoms with E-state index in [9.17, 15) is 4.79 Å². The molecule has 1 aliphatic heterocycles. The number of nitrogens with one attached hydrogen (secondary N) is 1. The van der Waals surface area contributed by atoms with E-state index in [1.807, 2.05) is 12.1 Å². The summed E-state index contributed by atoms with van der Waals surface area (Å²) in [4.78, 5) is 18.0. The first kappa shape index (κ1) is 24.9. The summed E-state index contributed by atoms with van der Waals surface area (Å²) in [6, 6.07) is 25.9. The Morgan fingerprint density at radius 3 is 2.03 bits per heavy atom. The van der Waals surface area contributed by atoms with Crippen LogP contribution >= 0.6 is 0 Å². The fourth-order valence-corrected chi connectivity index (χ4v) is 4.99. The molecular weight excluding hydrogens is 460 g/mol. The number of nitrogens with zero attached hydrogens (tertiary/aromatic N) is 4. The first-order chi connectivity index (χ1) is 17.8. The highest BCUT2D eigenvalue weighted by atomic mass is 16.1. The van der Waals surface area contributed by atoms with E-state index in [2.05, 4.69) is 94.8 Å². The van der Waals surface area contributed by atoms with Gasteiger partial charge in [0.15, 0.2) is 0 Å². The zero-order valence-corrected chi connectivity index (χ0v) is 21.7. The highest BCUT2D eigenvalue weighted by Gasteiger charge is 2.25. The van der Waals surface area contributed by atoms with Crippen LogP contribution in [0.15, 0.2) is 72.8 Å². The molecule has 1 saturated heterocycles. The van der Waals surface area contributed by atoms with Gasteiger partial charge in [0.2, 0.25) is 5.82 Å². The number of aryl methyl sites for hydroxylation is 1. The van der Waals surface area contributed by atoms with Crippen LogP contribution in [0, 0.1) is 6.92 Å². The molecule has 1 fully saturated rings. The quantitative estimate of drug-likeness (QED) is 0.404. The van der Waals surface area contributed by atoms with E-state index >= 15 is 0 Å². The molecule has 1 aromatic heterocycles. The number of piperazine rings is 1. The summed E-state index contributed by atoms with van der Waals surface area (Å²) < 4.78 is 1.63. The molecule has 37 heavy (non-hydrogen) atoms. The zero-order valence-electron chi connectivity index (χ0n) is 21.7. The van der Waals surface area contributed by atoms with Gasteiger partial charge < -0.3 is 11.1 Å². The van der Waals surface area contributed by atoms with Crippen LogP contribution in [0.2, 0.25) is 0 Å². The molecule has 7 nitrogen and oxygen atoms in total. The molecule has 190 valence electrons. The number of carbonyl (C=O) groups excluding carboxylic acids is 1. The average molecular weight is 495 g/mol. The van der Waals surface area contributed by atoms with Crippen LogP contribution in [-0.2, 0) is 13.0 Å². The molecule has 7 heteroatoms. The first-order valence-electron chi connectivity index (χ1n) is 12.7. The summed E-state index contributed by atoms with van der Waals surface area (Å²) in [6.45, 7) is 10.5. The Bertz CT molecular complexity index is 1370. The van der Waals surface area contributed by atoms with Gasteiger partial charge in [0.05, 0.1) is 5.69 Å². The number of hydrogen-bond donors (Lipinski definition) is 2. The van der Waals surface area contributed by atoms with E-state index in [0.717, 1.165) is 38.3 Å². The lowest BCUT2D eigenvalue weighted by Gasteiger charge is -2.39. The summed E-state index contributed by atoms with van der Waals surface area (Å²) in [5.74, 6) is 0.0232. The van der Waals surface area contributed by atoms with Gasteiger partial charge in [-0.2, -0.15) is 0 Å². The minimum Gasteiger partial charge on any atom is -0.363 e. The number of benzene rings is 3. The second kappa shape index (κ2) is 10.3. The van der Waals surface area contributed by atoms with Gasteiger partial charge in [-0.25, -0.2) is 9.67 Å². The Labute approximate surface area is 218 Å². The average Bonchev–Trinajstić information content (AvgIpc) is 3.27. The molecule has 0 bridgehead atoms. The molecule has 0 atom stereocenters. The number of hydrogen-bond acceptors (Lipinski definition) is 5. The minimum atomic E-state index is -0.628. The second-order valence-corrected chi connectivity index (χ2v) is 10.5. The van der Waals surface area contributed by atoms with Crippen molar-refractivity contribution in [2.24, 2.45) is 5.73 Å². The van der Waals surface area contributed by atoms with Crippen molar-refractivity contribution in [2.45, 2.75) is 39.3 Å². The van der Waals surface area contributed by atoms with Crippen molar-refractivity contribution in [3.05, 3.63) is 101 Å². The van der Waals surface area contributed by atoms with Crippen molar-refractivity contribution >= 4 is 5.91 Å². The summed E-state index contributed by atoms with van der Waals surface area (Å²) >= 11 is 0. The smallest absolute Gasteiger partial charge is 0.288 e. The molecule has 2 heterocycles. The van der Waals surface area contributed by atoms with Gasteiger partial charge in [0, 0.05) is 31.7 Å². The standard InChI is InChI=1S/C30H34N6O/c1-21-33-29(28(31)37)34-36(21)27-14-8-23(9-15-27)18-22-4-10-25(11-5-22)26-12-6-24(7-13-26)19-35-17-16-32-30(2,3)20-35/h4-15,32H,16-20H2,1-3H3,(H2,31,37). The van der Waals surface area contributed by atoms with E-state index < -0.39 is 5.91 Å². The fraction of sp³-hybridized carbons (Fsp3) is 0.300. The first-order valence-corrected chi connectivity index (χ1v) is 12.7. The molecule has 5 rings (SSSR count). The van der Waals surface area contributed by atoms with Gasteiger partial charge in [-0.1, -0.05) is 60.7 Å². The molecule has 1 amide bonds. The summed E-state index contributed by atoms with van der Waals surface area (Å²) in [5, 5.41) is 7.78. The van der Waals surface area contributed by atoms with Gasteiger partial charge in [0.1, 0.15) is 5.82 Å². The Morgan fingerprint density at radius 2 is 1.49 bits per heavy atom. The van der Waals surface area contributed by atoms with Gasteiger partial charge >= 0.3 is 0 Å². The van der Waals surface area contributed by atoms with Crippen LogP contribution in [-0.4, -0.2) is 50.7 Å². The fourth-order valence-electron chi connectivity index (χ4n) is 4.99. The normalized spacial score (nSPS) is 15.5. The summed E-state index contributed by atoms with van der Waals surface area (Å²) in [7, 11) is 0. The van der Waals surface area contributed by atoms with Crippen LogP contribution in [0.5, 0.6) is 0 Å². The third-order valence-electron chi connectivity index (χ3n) is 6.88. The van der Waals surface area contributed by atoms with Crippen LogP contribution in [0.3, 0.4) is 0 Å². The maximum atomic E-state index is 11.4. The number of primary amides is 1. The van der Waals surface area contributed by atoms with E-state index in [0.29, 0.717) is 5.82 Å². The van der Waals surface area contributed by atoms with Crippen LogP contribution < -0.4 is 11.1 Å². The lowest BCUT2D eigenvalue weighted by atomic mass is 9.99. The van der Waals surface area contributed by atoms with E-state index in [-0.39, 0.29) is 11.4 Å². The molecule has 0 unspecified atom stereocenters. The van der Waals surface area contributed by atoms with Crippen LogP contribution in [0.4, 0.5) is 0 Å². The third-order valence-corrected chi connectivity index (χ3v) is 6.88. The van der Waals surface area contributed by atoms with Crippen LogP contribution in [0.25, 0.3) is 16.8 Å². The number of carbonyl (C=O) groups is 1. The number of rotatable bonds is 7. The molecule has 3 N–H and O–H groups in total. The molecule has 0 spiro atoms. The van der Waals surface area contributed by atoms with Crippen LogP contribution in [0.1, 0.15) is 47.0 Å². The van der Waals surface area contributed by atoms with E-state index in [1.54, 1.807) is 11.6 Å². The Morgan fingerprint density at radius 1 is 0.919 bits per heavy atom. The van der Waals surface area contributed by atoms with Crippen molar-refractivity contribution in [1.29, 1.82) is 0 Å². The predicted octanol–water partition coefficient (Wildman–Crippen LogP) is 4.12. The third kappa shape index (κ3) is 5.96. The topological polar surface area (TPSA) is 89.1 Å². The molecule has 3 aromatic carbocycles. The van der Waals surface area contributed by atoms with Crippen molar-refractivity contribution in [1.82, 2.24) is 25.0 Å². The van der Waals surface area contributed by atoms with E-state index in [1.165, 1.54) is 27.8 Å². The number of amides is 1. The number of nitrogens with two attached hydrogens (primary N) is 1. The molecule has 0 saturated carbocycles. The number of aromatic nitrogens is 3. The maximum Gasteiger partial charge on any atom is 0.288 e. The van der Waals surface area contributed by atoms with Gasteiger partial charge in [-0.15, -0.1) is 5.10 Å². The Balaban J connectivity index is 1.21. The molecule has 0 radical (unpaired) electrons. The second-order valence-electron chi connectivity index (χ2n) is 10.5. The molecular formula is C30H34N6O. The highest BCUT2D eigenvalue weighted by molar-refractivity contribution is 5.88. The van der Waals surface area contributed by atoms with Crippen molar-refractivity contribution < 1.29 is 4.79 Å². The van der Waals surface area contributed by atoms with Crippen molar-refractivity contribution in [3.63, 3.8) is 0 Å². The van der Waals surface area contributed by atoms with Crippen molar-refractivity contribution in [2.75, 3.05) is 19.6 Å². The lowest BCUT2D eigenvalue weighted by molar-refractivity contribution is 0.0990. The molecule has 1 aliphatic rings. The lowest BCUT2D eigenvalue weighted by Crippen LogP contribution is -2.56. The Kier molecular flexibility index (Phi) is 6.91. The highest BCUT2D eigenvalue weighted by Crippen LogP contribution is 2.23. The maximum absolute atomic E-state index is 11.4. The summed E-state index contributed by atoms with van der Waals surface area (Å²) in [6.07, 6.45) is 0.837. The predicted molar refractivity (Wildman–Crippen MR) is 147 cm³/mol. The van der Waals surface area contributed by atoms with Gasteiger partial charge in [0.25, 0.3) is 5.91 Å². The van der Waals surface area contributed by atoms with Crippen molar-refractivity contribution in [3.8, 4) is 16.8 Å². The Hall–Kier alpha value is -3.81. The largest absolute Gasteiger partial charge is 0.363 e. The van der Waals surface area contributed by atoms with Gasteiger partial charge in [-0.05, 0) is 67.1 Å². The van der Waals surface area contributed by atoms with E-state index in [4.69, 9.17) is 5.73 Å².